The number of nitrogens with zero attached hydrogens (tertiary/aromatic N) is 2. The van der Waals surface area contributed by atoms with Gasteiger partial charge in [0.25, 0.3) is 0 Å². The van der Waals surface area contributed by atoms with Gasteiger partial charge in [0.2, 0.25) is 0 Å². The van der Waals surface area contributed by atoms with Gasteiger partial charge in [-0.1, -0.05) is 25.1 Å². The van der Waals surface area contributed by atoms with Crippen LogP contribution in [0.3, 0.4) is 0 Å². The van der Waals surface area contributed by atoms with Gasteiger partial charge in [0, 0.05) is 37.8 Å². The highest BCUT2D eigenvalue weighted by molar-refractivity contribution is 5.35. The van der Waals surface area contributed by atoms with Gasteiger partial charge in [0.15, 0.2) is 0 Å². The van der Waals surface area contributed by atoms with Crippen molar-refractivity contribution in [2.24, 2.45) is 0 Å². The largest absolute Gasteiger partial charge is 0.496 e. The molecule has 0 radical (unpaired) electrons. The van der Waals surface area contributed by atoms with Crippen LogP contribution in [-0.4, -0.2) is 49.6 Å². The number of para-hydroxylation sites is 1. The van der Waals surface area contributed by atoms with Crippen molar-refractivity contribution < 1.29 is 4.74 Å². The van der Waals surface area contributed by atoms with Crippen molar-refractivity contribution in [2.75, 3.05) is 39.8 Å². The lowest BCUT2D eigenvalue weighted by molar-refractivity contribution is 0.105. The van der Waals surface area contributed by atoms with Crippen molar-refractivity contribution >= 4 is 0 Å². The fraction of sp³-hybridized carbons (Fsp3) is 0.600. The van der Waals surface area contributed by atoms with E-state index >= 15 is 0 Å². The van der Waals surface area contributed by atoms with E-state index in [4.69, 9.17) is 4.74 Å². The molecule has 3 nitrogen and oxygen atoms in total. The van der Waals surface area contributed by atoms with E-state index < -0.39 is 0 Å². The van der Waals surface area contributed by atoms with E-state index in [0.29, 0.717) is 6.04 Å². The first kappa shape index (κ1) is 13.4. The van der Waals surface area contributed by atoms with Crippen molar-refractivity contribution in [3.63, 3.8) is 0 Å². The third-order valence-electron chi connectivity index (χ3n) is 3.99. The third kappa shape index (κ3) is 2.85. The molecule has 3 heteroatoms. The highest BCUT2D eigenvalue weighted by atomic mass is 16.5. The summed E-state index contributed by atoms with van der Waals surface area (Å²) in [6.07, 6.45) is 0. The van der Waals surface area contributed by atoms with Crippen molar-refractivity contribution in [1.29, 1.82) is 0 Å². The zero-order valence-corrected chi connectivity index (χ0v) is 11.7. The monoisotopic (exact) mass is 248 g/mol. The Bertz CT molecular complexity index is 373. The lowest BCUT2D eigenvalue weighted by Crippen LogP contribution is -2.46. The van der Waals surface area contributed by atoms with Crippen LogP contribution < -0.4 is 4.74 Å². The van der Waals surface area contributed by atoms with Crippen LogP contribution in [0.15, 0.2) is 24.3 Å². The first-order valence-electron chi connectivity index (χ1n) is 6.85. The molecule has 1 heterocycles. The van der Waals surface area contributed by atoms with Crippen molar-refractivity contribution in [3.8, 4) is 5.75 Å². The summed E-state index contributed by atoms with van der Waals surface area (Å²) in [4.78, 5) is 5.05. The molecule has 0 bridgehead atoms. The summed E-state index contributed by atoms with van der Waals surface area (Å²) < 4.78 is 5.46. The molecule has 1 aromatic carbocycles. The predicted molar refractivity (Wildman–Crippen MR) is 75.1 cm³/mol. The molecule has 1 saturated heterocycles. The maximum absolute atomic E-state index is 5.46. The fourth-order valence-electron chi connectivity index (χ4n) is 2.68. The Kier molecular flexibility index (Phi) is 4.61. The normalized spacial score (nSPS) is 19.7. The van der Waals surface area contributed by atoms with Crippen molar-refractivity contribution in [2.45, 2.75) is 19.9 Å². The van der Waals surface area contributed by atoms with Crippen LogP contribution in [-0.2, 0) is 0 Å². The molecule has 1 fully saturated rings. The molecule has 100 valence electrons. The Morgan fingerprint density at radius 1 is 1.17 bits per heavy atom. The van der Waals surface area contributed by atoms with Gasteiger partial charge in [0.05, 0.1) is 7.11 Å². The highest BCUT2D eigenvalue weighted by Gasteiger charge is 2.22. The second-order valence-electron chi connectivity index (χ2n) is 4.89. The fourth-order valence-corrected chi connectivity index (χ4v) is 2.68. The maximum atomic E-state index is 5.46. The van der Waals surface area contributed by atoms with Crippen LogP contribution in [0.4, 0.5) is 0 Å². The molecular weight excluding hydrogens is 224 g/mol. The average molecular weight is 248 g/mol. The molecule has 0 amide bonds. The molecule has 1 aromatic rings. The van der Waals surface area contributed by atoms with Crippen LogP contribution in [0.2, 0.25) is 0 Å². The van der Waals surface area contributed by atoms with Gasteiger partial charge in [-0.15, -0.1) is 0 Å². The number of ether oxygens (including phenoxy) is 1. The molecule has 1 atom stereocenters. The molecule has 2 rings (SSSR count). The number of methoxy groups -OCH3 is 1. The van der Waals surface area contributed by atoms with Gasteiger partial charge in [-0.3, -0.25) is 4.90 Å². The van der Waals surface area contributed by atoms with E-state index in [1.807, 2.05) is 12.1 Å². The summed E-state index contributed by atoms with van der Waals surface area (Å²) in [6.45, 7) is 10.3. The second kappa shape index (κ2) is 6.21. The molecule has 0 N–H and O–H groups in total. The number of hydrogen-bond acceptors (Lipinski definition) is 3. The molecule has 0 aliphatic carbocycles. The minimum absolute atomic E-state index is 0.431. The van der Waals surface area contributed by atoms with Gasteiger partial charge in [-0.05, 0) is 19.5 Å². The first-order chi connectivity index (χ1) is 8.76. The van der Waals surface area contributed by atoms with Crippen LogP contribution in [0.5, 0.6) is 5.75 Å². The lowest BCUT2D eigenvalue weighted by atomic mass is 10.0. The lowest BCUT2D eigenvalue weighted by Gasteiger charge is -2.38. The molecule has 0 spiro atoms. The van der Waals surface area contributed by atoms with E-state index in [2.05, 4.69) is 35.8 Å². The minimum Gasteiger partial charge on any atom is -0.496 e. The zero-order valence-electron chi connectivity index (χ0n) is 11.7. The van der Waals surface area contributed by atoms with Gasteiger partial charge >= 0.3 is 0 Å². The van der Waals surface area contributed by atoms with Crippen LogP contribution in [0, 0.1) is 0 Å². The van der Waals surface area contributed by atoms with E-state index in [1.54, 1.807) is 7.11 Å². The standard InChI is InChI=1S/C15H24N2O/c1-4-16-9-11-17(12-10-16)13(2)14-7-5-6-8-15(14)18-3/h5-8,13H,4,9-12H2,1-3H3. The highest BCUT2D eigenvalue weighted by Crippen LogP contribution is 2.29. The van der Waals surface area contributed by atoms with Crippen LogP contribution in [0.25, 0.3) is 0 Å². The Hall–Kier alpha value is -1.06. The van der Waals surface area contributed by atoms with Crippen LogP contribution in [0.1, 0.15) is 25.5 Å². The third-order valence-corrected chi connectivity index (χ3v) is 3.99. The molecule has 0 saturated carbocycles. The Morgan fingerprint density at radius 3 is 2.44 bits per heavy atom. The summed E-state index contributed by atoms with van der Waals surface area (Å²) in [7, 11) is 1.75. The number of rotatable bonds is 4. The number of likely N-dealkylation sites (N-methyl/N-ethyl adjacent to an activating group) is 1. The van der Waals surface area contributed by atoms with Gasteiger partial charge in [-0.25, -0.2) is 0 Å². The Balaban J connectivity index is 2.05. The number of hydrogen-bond donors (Lipinski definition) is 0. The van der Waals surface area contributed by atoms with Crippen molar-refractivity contribution in [3.05, 3.63) is 29.8 Å². The molecular formula is C15H24N2O. The summed E-state index contributed by atoms with van der Waals surface area (Å²) >= 11 is 0. The predicted octanol–water partition coefficient (Wildman–Crippen LogP) is 2.39. The Morgan fingerprint density at radius 2 is 1.83 bits per heavy atom. The molecule has 1 aliphatic rings. The molecule has 1 aliphatic heterocycles. The second-order valence-corrected chi connectivity index (χ2v) is 4.89. The van der Waals surface area contributed by atoms with E-state index in [0.717, 1.165) is 25.4 Å². The average Bonchev–Trinajstić information content (AvgIpc) is 2.46. The molecule has 18 heavy (non-hydrogen) atoms. The minimum atomic E-state index is 0.431. The Labute approximate surface area is 110 Å². The quantitative estimate of drug-likeness (QED) is 0.813. The summed E-state index contributed by atoms with van der Waals surface area (Å²) in [5, 5.41) is 0. The van der Waals surface area contributed by atoms with Crippen LogP contribution >= 0.6 is 0 Å². The number of benzene rings is 1. The topological polar surface area (TPSA) is 15.7 Å². The van der Waals surface area contributed by atoms with Crippen molar-refractivity contribution in [1.82, 2.24) is 9.80 Å². The van der Waals surface area contributed by atoms with Gasteiger partial charge in [0.1, 0.15) is 5.75 Å². The van der Waals surface area contributed by atoms with E-state index in [9.17, 15) is 0 Å². The number of piperazine rings is 1. The maximum Gasteiger partial charge on any atom is 0.123 e. The molecule has 0 aromatic heterocycles. The summed E-state index contributed by atoms with van der Waals surface area (Å²) in [6, 6.07) is 8.78. The zero-order chi connectivity index (χ0) is 13.0. The summed E-state index contributed by atoms with van der Waals surface area (Å²) in [5.74, 6) is 1.00. The van der Waals surface area contributed by atoms with Gasteiger partial charge in [-0.2, -0.15) is 0 Å². The van der Waals surface area contributed by atoms with E-state index in [-0.39, 0.29) is 0 Å². The molecule has 1 unspecified atom stereocenters. The SMILES string of the molecule is CCN1CCN(C(C)c2ccccc2OC)CC1. The summed E-state index contributed by atoms with van der Waals surface area (Å²) in [5.41, 5.74) is 1.30. The van der Waals surface area contributed by atoms with Gasteiger partial charge < -0.3 is 9.64 Å². The van der Waals surface area contributed by atoms with E-state index in [1.165, 1.54) is 18.7 Å². The smallest absolute Gasteiger partial charge is 0.123 e. The first-order valence-corrected chi connectivity index (χ1v) is 6.85.